The zero-order valence-corrected chi connectivity index (χ0v) is 38.0. The van der Waals surface area contributed by atoms with E-state index in [0.717, 1.165) is 62.5 Å². The van der Waals surface area contributed by atoms with E-state index in [9.17, 15) is 24.5 Å². The molecule has 6 atom stereocenters. The molecule has 2 aliphatic carbocycles. The van der Waals surface area contributed by atoms with Gasteiger partial charge in [0, 0.05) is 49.6 Å². The van der Waals surface area contributed by atoms with Crippen LogP contribution in [-0.4, -0.2) is 97.0 Å². The van der Waals surface area contributed by atoms with Crippen LogP contribution in [0.3, 0.4) is 0 Å². The zero-order chi connectivity index (χ0) is 44.9. The number of hydrogen-bond donors (Lipinski definition) is 3. The molecule has 0 saturated heterocycles. The van der Waals surface area contributed by atoms with Crippen LogP contribution in [0, 0.1) is 23.6 Å². The third-order valence-electron chi connectivity index (χ3n) is 13.1. The fourth-order valence-corrected chi connectivity index (χ4v) is 10.1. The van der Waals surface area contributed by atoms with Gasteiger partial charge in [-0.3, -0.25) is 4.79 Å². The van der Waals surface area contributed by atoms with Crippen LogP contribution in [0.1, 0.15) is 133 Å². The second kappa shape index (κ2) is 26.9. The van der Waals surface area contributed by atoms with Crippen molar-refractivity contribution in [2.24, 2.45) is 22.9 Å². The maximum atomic E-state index is 14.8. The average molecular weight is 879 g/mol. The number of rotatable bonds is 31. The molecule has 1 heterocycles. The lowest BCUT2D eigenvalue weighted by Gasteiger charge is -2.60. The summed E-state index contributed by atoms with van der Waals surface area (Å²) in [5.74, 6) is -1.14. The SMILES string of the molecule is C=CCOC12Oc3ccc(OCc4ccccc4F)cc3C3C(CCCCO)C(CCCCO)C=C(C(=NOC)CC1N(CCOCCO)C(=O)CCCCCCCCCCC)C32. The van der Waals surface area contributed by atoms with Crippen molar-refractivity contribution in [2.45, 2.75) is 140 Å². The Labute approximate surface area is 375 Å². The van der Waals surface area contributed by atoms with Gasteiger partial charge in [-0.15, -0.1) is 6.58 Å². The summed E-state index contributed by atoms with van der Waals surface area (Å²) in [6.07, 6.45) is 19.4. The number of nitrogens with zero attached hydrogens (tertiary/aromatic N) is 2. The lowest BCUT2D eigenvalue weighted by Crippen LogP contribution is -2.70. The first-order chi connectivity index (χ1) is 30.9. The Kier molecular flexibility index (Phi) is 21.4. The van der Waals surface area contributed by atoms with E-state index >= 15 is 0 Å². The van der Waals surface area contributed by atoms with Crippen LogP contribution in [0.15, 0.2) is 71.9 Å². The molecule has 3 aliphatic rings. The fraction of sp³-hybridized carbons (Fsp3) is 0.647. The molecule has 0 radical (unpaired) electrons. The van der Waals surface area contributed by atoms with E-state index in [4.69, 9.17) is 23.8 Å². The van der Waals surface area contributed by atoms with E-state index in [1.807, 2.05) is 23.1 Å². The summed E-state index contributed by atoms with van der Waals surface area (Å²) in [7, 11) is 1.54. The lowest BCUT2D eigenvalue weighted by molar-refractivity contribution is -0.258. The standard InChI is InChI=1S/C51H75FN2O9/c1-4-6-7-8-9-10-11-12-13-24-48(58)54(27-32-60-33-30-57)47-36-45(53-59-3)42-34-38(20-16-18-28-55)41(22-17-19-29-56)49-43-35-40(61-37-39-21-14-15-23-44(39)52)25-26-46(43)63-51(47,50(42)49)62-31-5-2/h5,14-15,21,23,25-26,34-35,38,41,47,49-50,55-57H,2,4,6-13,16-20,22,24,27-33,36-37H2,1,3H3. The predicted octanol–water partition coefficient (Wildman–Crippen LogP) is 9.43. The molecule has 1 aliphatic heterocycles. The number of aliphatic hydroxyl groups excluding tert-OH is 3. The Morgan fingerprint density at radius 3 is 2.37 bits per heavy atom. The molecular formula is C51H75FN2O9. The van der Waals surface area contributed by atoms with Crippen molar-refractivity contribution >= 4 is 11.6 Å². The first-order valence-corrected chi connectivity index (χ1v) is 23.8. The van der Waals surface area contributed by atoms with Crippen LogP contribution >= 0.6 is 0 Å². The van der Waals surface area contributed by atoms with E-state index < -0.39 is 17.7 Å². The van der Waals surface area contributed by atoms with E-state index in [2.05, 4.69) is 24.7 Å². The largest absolute Gasteiger partial charge is 0.489 e. The Morgan fingerprint density at radius 1 is 0.937 bits per heavy atom. The van der Waals surface area contributed by atoms with Crippen LogP contribution in [0.25, 0.3) is 0 Å². The van der Waals surface area contributed by atoms with Crippen LogP contribution in [0.5, 0.6) is 11.5 Å². The molecule has 2 aromatic carbocycles. The number of carbonyl (C=O) groups is 1. The smallest absolute Gasteiger partial charge is 0.239 e. The number of oxime groups is 1. The highest BCUT2D eigenvalue weighted by Gasteiger charge is 2.65. The van der Waals surface area contributed by atoms with Crippen molar-refractivity contribution in [3.63, 3.8) is 0 Å². The number of benzene rings is 2. The molecule has 11 nitrogen and oxygen atoms in total. The molecule has 0 bridgehead atoms. The van der Waals surface area contributed by atoms with Gasteiger partial charge < -0.3 is 44.0 Å². The van der Waals surface area contributed by atoms with Crippen molar-refractivity contribution in [1.82, 2.24) is 4.90 Å². The predicted molar refractivity (Wildman–Crippen MR) is 244 cm³/mol. The molecule has 1 fully saturated rings. The number of aliphatic hydroxyl groups is 3. The summed E-state index contributed by atoms with van der Waals surface area (Å²) in [6, 6.07) is 11.7. The molecule has 12 heteroatoms. The Morgan fingerprint density at radius 2 is 1.67 bits per heavy atom. The van der Waals surface area contributed by atoms with Crippen LogP contribution in [-0.2, 0) is 25.7 Å². The van der Waals surface area contributed by atoms with Gasteiger partial charge in [0.15, 0.2) is 0 Å². The van der Waals surface area contributed by atoms with Crippen molar-refractivity contribution in [3.8, 4) is 11.5 Å². The number of hydrogen-bond acceptors (Lipinski definition) is 10. The van der Waals surface area contributed by atoms with Crippen LogP contribution in [0.4, 0.5) is 4.39 Å². The molecule has 6 unspecified atom stereocenters. The number of carbonyl (C=O) groups excluding carboxylic acids is 1. The van der Waals surface area contributed by atoms with Crippen molar-refractivity contribution < 1.29 is 48.3 Å². The Bertz CT molecular complexity index is 1750. The summed E-state index contributed by atoms with van der Waals surface area (Å²) in [5.41, 5.74) is 3.03. The monoisotopic (exact) mass is 879 g/mol. The topological polar surface area (TPSA) is 140 Å². The molecule has 350 valence electrons. The quantitative estimate of drug-likeness (QED) is 0.0384. The van der Waals surface area contributed by atoms with E-state index in [0.29, 0.717) is 48.5 Å². The van der Waals surface area contributed by atoms with E-state index in [1.165, 1.54) is 45.3 Å². The summed E-state index contributed by atoms with van der Waals surface area (Å²) < 4.78 is 41.3. The zero-order valence-electron chi connectivity index (χ0n) is 38.0. The van der Waals surface area contributed by atoms with Gasteiger partial charge in [0.05, 0.1) is 38.1 Å². The molecule has 2 aromatic rings. The van der Waals surface area contributed by atoms with E-state index in [1.54, 1.807) is 24.3 Å². The molecule has 1 amide bonds. The Hall–Kier alpha value is -3.81. The highest BCUT2D eigenvalue weighted by atomic mass is 19.1. The number of fused-ring (bicyclic) bond motifs is 2. The number of amides is 1. The molecular weight excluding hydrogens is 804 g/mol. The molecule has 0 spiro atoms. The number of ether oxygens (including phenoxy) is 4. The van der Waals surface area contributed by atoms with Gasteiger partial charge in [-0.25, -0.2) is 4.39 Å². The van der Waals surface area contributed by atoms with E-state index in [-0.39, 0.29) is 82.3 Å². The Balaban J connectivity index is 1.61. The molecule has 3 N–H and O–H groups in total. The highest BCUT2D eigenvalue weighted by molar-refractivity contribution is 6.03. The molecule has 0 aromatic heterocycles. The van der Waals surface area contributed by atoms with Gasteiger partial charge >= 0.3 is 0 Å². The second-order valence-corrected chi connectivity index (χ2v) is 17.3. The second-order valence-electron chi connectivity index (χ2n) is 17.3. The molecule has 5 rings (SSSR count). The minimum absolute atomic E-state index is 0.0265. The third kappa shape index (κ3) is 13.4. The van der Waals surface area contributed by atoms with Crippen molar-refractivity contribution in [2.75, 3.05) is 53.3 Å². The maximum Gasteiger partial charge on any atom is 0.239 e. The van der Waals surface area contributed by atoms with Crippen LogP contribution in [0.2, 0.25) is 0 Å². The maximum absolute atomic E-state index is 14.8. The van der Waals surface area contributed by atoms with Gasteiger partial charge in [-0.1, -0.05) is 107 Å². The van der Waals surface area contributed by atoms with Gasteiger partial charge in [0.1, 0.15) is 37.1 Å². The highest BCUT2D eigenvalue weighted by Crippen LogP contribution is 2.62. The van der Waals surface area contributed by atoms with Crippen molar-refractivity contribution in [1.29, 1.82) is 0 Å². The first-order valence-electron chi connectivity index (χ1n) is 23.8. The summed E-state index contributed by atoms with van der Waals surface area (Å²) in [6.45, 7) is 7.12. The fourth-order valence-electron chi connectivity index (χ4n) is 10.1. The van der Waals surface area contributed by atoms with Gasteiger partial charge in [-0.2, -0.15) is 0 Å². The average Bonchev–Trinajstić information content (AvgIpc) is 3.29. The number of allylic oxidation sites excluding steroid dienone is 1. The number of unbranched alkanes of at least 4 members (excludes halogenated alkanes) is 10. The van der Waals surface area contributed by atoms with Gasteiger partial charge in [0.2, 0.25) is 11.7 Å². The molecule has 1 saturated carbocycles. The minimum Gasteiger partial charge on any atom is -0.489 e. The van der Waals surface area contributed by atoms with Crippen molar-refractivity contribution in [3.05, 3.63) is 83.7 Å². The van der Waals surface area contributed by atoms with Gasteiger partial charge in [0.25, 0.3) is 0 Å². The number of halogens is 1. The van der Waals surface area contributed by atoms with Crippen LogP contribution < -0.4 is 9.47 Å². The summed E-state index contributed by atoms with van der Waals surface area (Å²) >= 11 is 0. The first kappa shape index (κ1) is 50.2. The lowest BCUT2D eigenvalue weighted by atomic mass is 9.55. The normalized spacial score (nSPS) is 23.0. The summed E-state index contributed by atoms with van der Waals surface area (Å²) in [4.78, 5) is 22.2. The minimum atomic E-state index is -1.39. The third-order valence-corrected chi connectivity index (χ3v) is 13.1. The van der Waals surface area contributed by atoms with Gasteiger partial charge in [-0.05, 0) is 73.8 Å². The summed E-state index contributed by atoms with van der Waals surface area (Å²) in [5, 5.41) is 34.1. The molecule has 63 heavy (non-hydrogen) atoms.